The summed E-state index contributed by atoms with van der Waals surface area (Å²) in [6, 6.07) is -0.913. The normalized spacial score (nSPS) is 14.1. The zero-order chi connectivity index (χ0) is 37.8. The fourth-order valence-electron chi connectivity index (χ4n) is 7.04. The van der Waals surface area contributed by atoms with Crippen LogP contribution in [0.1, 0.15) is 41.5 Å². The number of nitrogens with zero attached hydrogens (tertiary/aromatic N) is 13. The van der Waals surface area contributed by atoms with Crippen LogP contribution in [0.5, 0.6) is 0 Å². The van der Waals surface area contributed by atoms with E-state index in [2.05, 4.69) is 19.9 Å². The molecule has 2 unspecified atom stereocenters. The van der Waals surface area contributed by atoms with Crippen molar-refractivity contribution < 1.29 is 0 Å². The SMILES string of the molecule is CC(N(Cn1cnc2c1c(=O)n(C)c(=O)n2C)C(C)C(C)(C)n1cnc2c1c(=O)n(C)c(=O)n2C)C(C)(C)n1cnc2c1c(=O)n(C)c(=O)n2C. The molecule has 0 radical (unpaired) electrons. The molecule has 0 fully saturated rings. The highest BCUT2D eigenvalue weighted by Crippen LogP contribution is 2.34. The first kappa shape index (κ1) is 35.2. The number of fused-ring (bicyclic) bond motifs is 3. The Morgan fingerprint density at radius 1 is 0.529 bits per heavy atom. The molecule has 0 amide bonds. The third kappa shape index (κ3) is 4.77. The molecule has 0 aromatic carbocycles. The van der Waals surface area contributed by atoms with Crippen molar-refractivity contribution in [1.82, 2.24) is 61.0 Å². The average Bonchev–Trinajstić information content (AvgIpc) is 3.85. The van der Waals surface area contributed by atoms with E-state index in [0.717, 1.165) is 13.7 Å². The minimum Gasteiger partial charge on any atom is -0.317 e. The third-order valence-corrected chi connectivity index (χ3v) is 11.1. The number of hydrogen-bond acceptors (Lipinski definition) is 10. The molecule has 0 aliphatic rings. The number of aromatic nitrogens is 12. The van der Waals surface area contributed by atoms with Crippen LogP contribution in [-0.2, 0) is 60.0 Å². The van der Waals surface area contributed by atoms with Crippen molar-refractivity contribution in [2.45, 2.75) is 71.4 Å². The first-order valence-corrected chi connectivity index (χ1v) is 16.3. The standard InChI is InChI=1S/C32H43N13O6/c1-17(31(3,4)44-14-34-23-20(44)26(47)40(11)29(50)37(23)8)43(16-42-13-33-22-19(42)25(46)39(10)28(49)36(22)7)18(2)32(5,6)45-15-35-24-21(45)27(48)41(12)30(51)38(24)9/h13-15,17-18H,16H2,1-12H3. The first-order valence-electron chi connectivity index (χ1n) is 16.3. The fraction of sp³-hybridized carbons (Fsp3) is 0.531. The van der Waals surface area contributed by atoms with Crippen LogP contribution in [0.4, 0.5) is 0 Å². The zero-order valence-corrected chi connectivity index (χ0v) is 30.9. The Hall–Kier alpha value is -5.59. The lowest BCUT2D eigenvalue weighted by Crippen LogP contribution is -2.58. The highest BCUT2D eigenvalue weighted by Gasteiger charge is 2.42. The van der Waals surface area contributed by atoms with E-state index >= 15 is 0 Å². The Bertz CT molecular complexity index is 2640. The summed E-state index contributed by atoms with van der Waals surface area (Å²) in [4.78, 5) is 94.4. The second-order valence-corrected chi connectivity index (χ2v) is 14.4. The van der Waals surface area contributed by atoms with Crippen molar-refractivity contribution in [1.29, 1.82) is 0 Å². The summed E-state index contributed by atoms with van der Waals surface area (Å²) in [5, 5.41) is 0. The Balaban J connectivity index is 1.58. The minimum absolute atomic E-state index is 0.0887. The Morgan fingerprint density at radius 2 is 0.843 bits per heavy atom. The molecular formula is C32H43N13O6. The van der Waals surface area contributed by atoms with Crippen molar-refractivity contribution in [3.63, 3.8) is 0 Å². The second-order valence-electron chi connectivity index (χ2n) is 14.4. The lowest BCUT2D eigenvalue weighted by molar-refractivity contribution is 0.00262. The number of imidazole rings is 3. The molecule has 0 saturated carbocycles. The summed E-state index contributed by atoms with van der Waals surface area (Å²) < 4.78 is 12.3. The molecule has 2 atom stereocenters. The van der Waals surface area contributed by atoms with E-state index in [1.807, 2.05) is 41.5 Å². The topological polar surface area (TPSA) is 189 Å². The van der Waals surface area contributed by atoms with E-state index < -0.39 is 56.9 Å². The molecule has 51 heavy (non-hydrogen) atoms. The van der Waals surface area contributed by atoms with Crippen molar-refractivity contribution >= 4 is 33.5 Å². The third-order valence-electron chi connectivity index (χ3n) is 11.1. The van der Waals surface area contributed by atoms with Gasteiger partial charge in [-0.1, -0.05) is 0 Å². The van der Waals surface area contributed by atoms with Gasteiger partial charge in [0.25, 0.3) is 16.7 Å². The summed E-state index contributed by atoms with van der Waals surface area (Å²) in [5.74, 6) is 0. The van der Waals surface area contributed by atoms with Crippen molar-refractivity contribution in [3.8, 4) is 0 Å². The molecule has 0 bridgehead atoms. The monoisotopic (exact) mass is 705 g/mol. The van der Waals surface area contributed by atoms with Crippen molar-refractivity contribution in [3.05, 3.63) is 81.5 Å². The molecule has 6 rings (SSSR count). The van der Waals surface area contributed by atoms with Crippen LogP contribution in [0.25, 0.3) is 33.5 Å². The van der Waals surface area contributed by atoms with Gasteiger partial charge in [-0.05, 0) is 41.5 Å². The largest absolute Gasteiger partial charge is 0.332 e. The van der Waals surface area contributed by atoms with Gasteiger partial charge in [0.05, 0.1) is 36.7 Å². The summed E-state index contributed by atoms with van der Waals surface area (Å²) in [7, 11) is 8.91. The van der Waals surface area contributed by atoms with Gasteiger partial charge in [0.1, 0.15) is 0 Å². The highest BCUT2D eigenvalue weighted by molar-refractivity contribution is 5.72. The van der Waals surface area contributed by atoms with E-state index in [4.69, 9.17) is 0 Å². The predicted molar refractivity (Wildman–Crippen MR) is 190 cm³/mol. The Labute approximate surface area is 289 Å². The molecule has 6 heterocycles. The molecule has 19 heteroatoms. The maximum absolute atomic E-state index is 13.6. The predicted octanol–water partition coefficient (Wildman–Crippen LogP) is -1.16. The van der Waals surface area contributed by atoms with Crippen LogP contribution in [0, 0.1) is 0 Å². The van der Waals surface area contributed by atoms with Crippen LogP contribution in [0.15, 0.2) is 47.7 Å². The Morgan fingerprint density at radius 3 is 1.22 bits per heavy atom. The van der Waals surface area contributed by atoms with Gasteiger partial charge in [0, 0.05) is 54.4 Å². The molecule has 0 saturated heterocycles. The highest BCUT2D eigenvalue weighted by atomic mass is 16.2. The maximum Gasteiger partial charge on any atom is 0.332 e. The van der Waals surface area contributed by atoms with Gasteiger partial charge in [-0.25, -0.2) is 29.3 Å². The molecule has 19 nitrogen and oxygen atoms in total. The lowest BCUT2D eigenvalue weighted by atomic mass is 9.88. The molecular weight excluding hydrogens is 662 g/mol. The van der Waals surface area contributed by atoms with Gasteiger partial charge >= 0.3 is 17.1 Å². The molecule has 272 valence electrons. The second kappa shape index (κ2) is 11.5. The number of hydrogen-bond donors (Lipinski definition) is 0. The quantitative estimate of drug-likeness (QED) is 0.187. The zero-order valence-electron chi connectivity index (χ0n) is 30.9. The van der Waals surface area contributed by atoms with E-state index in [0.29, 0.717) is 0 Å². The summed E-state index contributed by atoms with van der Waals surface area (Å²) in [6.07, 6.45) is 4.59. The minimum atomic E-state index is -0.895. The van der Waals surface area contributed by atoms with Gasteiger partial charge in [-0.15, -0.1) is 0 Å². The molecule has 6 aromatic heterocycles. The smallest absolute Gasteiger partial charge is 0.317 e. The number of rotatable bonds is 8. The maximum atomic E-state index is 13.6. The van der Waals surface area contributed by atoms with Gasteiger partial charge in [0.15, 0.2) is 33.5 Å². The van der Waals surface area contributed by atoms with Gasteiger partial charge in [-0.3, -0.25) is 46.7 Å². The summed E-state index contributed by atoms with van der Waals surface area (Å²) in [6.45, 7) is 11.8. The summed E-state index contributed by atoms with van der Waals surface area (Å²) >= 11 is 0. The number of aryl methyl sites for hydroxylation is 3. The van der Waals surface area contributed by atoms with Crippen LogP contribution >= 0.6 is 0 Å². The molecule has 0 N–H and O–H groups in total. The summed E-state index contributed by atoms with van der Waals surface area (Å²) in [5.41, 5.74) is -3.42. The fourth-order valence-corrected chi connectivity index (χ4v) is 7.04. The lowest BCUT2D eigenvalue weighted by Gasteiger charge is -2.48. The van der Waals surface area contributed by atoms with Gasteiger partial charge in [0.2, 0.25) is 0 Å². The van der Waals surface area contributed by atoms with E-state index in [1.54, 1.807) is 47.5 Å². The van der Waals surface area contributed by atoms with E-state index in [1.165, 1.54) is 41.2 Å². The average molecular weight is 706 g/mol. The Kier molecular flexibility index (Phi) is 7.93. The van der Waals surface area contributed by atoms with E-state index in [9.17, 15) is 28.8 Å². The van der Waals surface area contributed by atoms with E-state index in [-0.39, 0.29) is 40.2 Å². The van der Waals surface area contributed by atoms with Crippen LogP contribution in [0.3, 0.4) is 0 Å². The van der Waals surface area contributed by atoms with Crippen molar-refractivity contribution in [2.24, 2.45) is 42.3 Å². The van der Waals surface area contributed by atoms with Crippen LogP contribution in [-0.4, -0.2) is 73.0 Å². The molecule has 0 spiro atoms. The molecule has 0 aliphatic carbocycles. The molecule has 0 aliphatic heterocycles. The van der Waals surface area contributed by atoms with Crippen LogP contribution in [0.2, 0.25) is 0 Å². The van der Waals surface area contributed by atoms with Crippen molar-refractivity contribution in [2.75, 3.05) is 0 Å². The van der Waals surface area contributed by atoms with Gasteiger partial charge < -0.3 is 13.7 Å². The first-order chi connectivity index (χ1) is 23.7. The van der Waals surface area contributed by atoms with Gasteiger partial charge in [-0.2, -0.15) is 0 Å². The van der Waals surface area contributed by atoms with Crippen LogP contribution < -0.4 is 33.7 Å². The molecule has 6 aromatic rings.